The number of hydrogen-bond donors (Lipinski definition) is 0. The molecule has 0 bridgehead atoms. The molecule has 0 saturated carbocycles. The molecule has 2 heteroatoms. The van der Waals surface area contributed by atoms with Gasteiger partial charge in [-0.3, -0.25) is 0 Å². The van der Waals surface area contributed by atoms with Crippen LogP contribution in [-0.4, -0.2) is 5.16 Å². The number of aryl methyl sites for hydroxylation is 1. The van der Waals surface area contributed by atoms with Gasteiger partial charge in [-0.05, 0) is 53.5 Å². The number of thiocarbonyl (C=S) groups is 1. The van der Waals surface area contributed by atoms with Gasteiger partial charge in [0.15, 0.2) is 0 Å². The van der Waals surface area contributed by atoms with E-state index in [-0.39, 0.29) is 0 Å². The standard InChI is InChI=1S/C20H15NS/c1-15-2-4-16(5-3-15)17-6-8-18(9-7-17)19-10-12-20(13-11-19)21-14-22/h2-13H,1H3. The van der Waals surface area contributed by atoms with E-state index in [1.807, 2.05) is 24.3 Å². The summed E-state index contributed by atoms with van der Waals surface area (Å²) in [6, 6.07) is 25.2. The maximum absolute atomic E-state index is 4.61. The second-order valence-electron chi connectivity index (χ2n) is 5.19. The van der Waals surface area contributed by atoms with E-state index in [4.69, 9.17) is 0 Å². The summed E-state index contributed by atoms with van der Waals surface area (Å²) in [5.41, 5.74) is 6.93. The highest BCUT2D eigenvalue weighted by Gasteiger charge is 2.00. The van der Waals surface area contributed by atoms with Gasteiger partial charge in [0.2, 0.25) is 0 Å². The van der Waals surface area contributed by atoms with Gasteiger partial charge in [-0.25, -0.2) is 0 Å². The fourth-order valence-corrected chi connectivity index (χ4v) is 2.49. The number of nitrogens with zero attached hydrogens (tertiary/aromatic N) is 1. The van der Waals surface area contributed by atoms with Crippen molar-refractivity contribution in [1.29, 1.82) is 0 Å². The third-order valence-corrected chi connectivity index (χ3v) is 3.74. The molecule has 106 valence electrons. The molecule has 0 aliphatic rings. The van der Waals surface area contributed by atoms with E-state index in [1.165, 1.54) is 27.8 Å². The first-order chi connectivity index (χ1) is 10.8. The zero-order valence-electron chi connectivity index (χ0n) is 12.3. The molecule has 3 rings (SSSR count). The van der Waals surface area contributed by atoms with E-state index in [9.17, 15) is 0 Å². The molecular weight excluding hydrogens is 286 g/mol. The van der Waals surface area contributed by atoms with Gasteiger partial charge in [0.05, 0.1) is 10.8 Å². The van der Waals surface area contributed by atoms with Gasteiger partial charge in [0, 0.05) is 0 Å². The normalized spacial score (nSPS) is 10.0. The van der Waals surface area contributed by atoms with Crippen LogP contribution in [0.5, 0.6) is 0 Å². The Morgan fingerprint density at radius 3 is 1.41 bits per heavy atom. The minimum Gasteiger partial charge on any atom is -0.195 e. The molecule has 0 radical (unpaired) electrons. The van der Waals surface area contributed by atoms with Crippen LogP contribution in [0.3, 0.4) is 0 Å². The van der Waals surface area contributed by atoms with E-state index in [2.05, 4.69) is 77.8 Å². The van der Waals surface area contributed by atoms with E-state index >= 15 is 0 Å². The third-order valence-electron chi connectivity index (χ3n) is 3.65. The van der Waals surface area contributed by atoms with E-state index < -0.39 is 0 Å². The van der Waals surface area contributed by atoms with Gasteiger partial charge in [0.1, 0.15) is 0 Å². The lowest BCUT2D eigenvalue weighted by molar-refractivity contribution is 1.47. The molecule has 0 aliphatic heterocycles. The Bertz CT molecular complexity index is 809. The highest BCUT2D eigenvalue weighted by atomic mass is 32.1. The zero-order valence-corrected chi connectivity index (χ0v) is 13.1. The smallest absolute Gasteiger partial charge is 0.0739 e. The summed E-state index contributed by atoms with van der Waals surface area (Å²) < 4.78 is 0. The monoisotopic (exact) mass is 301 g/mol. The van der Waals surface area contributed by atoms with E-state index in [1.54, 1.807) is 0 Å². The van der Waals surface area contributed by atoms with Crippen molar-refractivity contribution in [2.75, 3.05) is 0 Å². The summed E-state index contributed by atoms with van der Waals surface area (Å²) in [6.07, 6.45) is 0. The molecule has 0 saturated heterocycles. The Morgan fingerprint density at radius 1 is 0.636 bits per heavy atom. The first-order valence-corrected chi connectivity index (χ1v) is 7.52. The van der Waals surface area contributed by atoms with Crippen molar-refractivity contribution >= 4 is 23.1 Å². The van der Waals surface area contributed by atoms with Gasteiger partial charge in [-0.1, -0.05) is 66.2 Å². The SMILES string of the molecule is Cc1ccc(-c2ccc(-c3ccc(N=C=S)cc3)cc2)cc1. The molecule has 3 aromatic rings. The zero-order chi connectivity index (χ0) is 15.4. The molecule has 0 aromatic heterocycles. The second kappa shape index (κ2) is 6.48. The Balaban J connectivity index is 1.87. The van der Waals surface area contributed by atoms with Crippen LogP contribution in [0, 0.1) is 6.92 Å². The Labute approximate surface area is 136 Å². The molecule has 0 heterocycles. The number of isothiocyanates is 1. The summed E-state index contributed by atoms with van der Waals surface area (Å²) in [4.78, 5) is 3.97. The maximum Gasteiger partial charge on any atom is 0.0739 e. The summed E-state index contributed by atoms with van der Waals surface area (Å²) in [7, 11) is 0. The molecule has 0 spiro atoms. The first-order valence-electron chi connectivity index (χ1n) is 7.12. The van der Waals surface area contributed by atoms with Gasteiger partial charge in [-0.15, -0.1) is 0 Å². The van der Waals surface area contributed by atoms with Crippen LogP contribution >= 0.6 is 12.2 Å². The molecule has 0 amide bonds. The van der Waals surface area contributed by atoms with Crippen molar-refractivity contribution in [2.45, 2.75) is 6.92 Å². The predicted octanol–water partition coefficient (Wildman–Crippen LogP) is 6.06. The maximum atomic E-state index is 4.61. The van der Waals surface area contributed by atoms with Gasteiger partial charge in [-0.2, -0.15) is 4.99 Å². The summed E-state index contributed by atoms with van der Waals surface area (Å²) in [6.45, 7) is 2.10. The van der Waals surface area contributed by atoms with Crippen molar-refractivity contribution in [3.63, 3.8) is 0 Å². The van der Waals surface area contributed by atoms with Gasteiger partial charge in [0.25, 0.3) is 0 Å². The van der Waals surface area contributed by atoms with Crippen LogP contribution in [0.4, 0.5) is 5.69 Å². The van der Waals surface area contributed by atoms with Crippen molar-refractivity contribution in [2.24, 2.45) is 4.99 Å². The van der Waals surface area contributed by atoms with Crippen LogP contribution in [0.15, 0.2) is 77.8 Å². The topological polar surface area (TPSA) is 12.4 Å². The molecular formula is C20H15NS. The lowest BCUT2D eigenvalue weighted by Crippen LogP contribution is -1.81. The minimum atomic E-state index is 0.829. The molecule has 0 fully saturated rings. The van der Waals surface area contributed by atoms with Gasteiger partial charge < -0.3 is 0 Å². The highest BCUT2D eigenvalue weighted by molar-refractivity contribution is 7.78. The average Bonchev–Trinajstić information content (AvgIpc) is 2.57. The largest absolute Gasteiger partial charge is 0.195 e. The fourth-order valence-electron chi connectivity index (χ4n) is 2.38. The van der Waals surface area contributed by atoms with Crippen LogP contribution in [-0.2, 0) is 0 Å². The van der Waals surface area contributed by atoms with Crippen LogP contribution in [0.25, 0.3) is 22.3 Å². The predicted molar refractivity (Wildman–Crippen MR) is 96.7 cm³/mol. The molecule has 3 aromatic carbocycles. The number of rotatable bonds is 3. The lowest BCUT2D eigenvalue weighted by Gasteiger charge is -2.06. The molecule has 1 nitrogen and oxygen atoms in total. The van der Waals surface area contributed by atoms with Crippen LogP contribution in [0.1, 0.15) is 5.56 Å². The summed E-state index contributed by atoms with van der Waals surface area (Å²) in [5, 5.41) is 2.38. The summed E-state index contributed by atoms with van der Waals surface area (Å²) >= 11 is 4.61. The average molecular weight is 301 g/mol. The Morgan fingerprint density at radius 2 is 1.00 bits per heavy atom. The van der Waals surface area contributed by atoms with Crippen molar-refractivity contribution in [3.8, 4) is 22.3 Å². The van der Waals surface area contributed by atoms with Crippen molar-refractivity contribution in [1.82, 2.24) is 0 Å². The van der Waals surface area contributed by atoms with E-state index in [0.717, 1.165) is 5.69 Å². The number of benzene rings is 3. The van der Waals surface area contributed by atoms with Crippen LogP contribution in [0.2, 0.25) is 0 Å². The number of hydrogen-bond acceptors (Lipinski definition) is 2. The molecule has 0 unspecified atom stereocenters. The summed E-state index contributed by atoms with van der Waals surface area (Å²) in [5.74, 6) is 0. The first kappa shape index (κ1) is 14.4. The van der Waals surface area contributed by atoms with Crippen molar-refractivity contribution < 1.29 is 0 Å². The third kappa shape index (κ3) is 3.20. The fraction of sp³-hybridized carbons (Fsp3) is 0.0500. The highest BCUT2D eigenvalue weighted by Crippen LogP contribution is 2.26. The van der Waals surface area contributed by atoms with E-state index in [0.29, 0.717) is 0 Å². The molecule has 0 aliphatic carbocycles. The Kier molecular flexibility index (Phi) is 4.24. The molecule has 0 N–H and O–H groups in total. The van der Waals surface area contributed by atoms with Gasteiger partial charge >= 0.3 is 0 Å². The quantitative estimate of drug-likeness (QED) is 0.423. The number of aliphatic imine (C=N–C) groups is 1. The lowest BCUT2D eigenvalue weighted by atomic mass is 10.00. The van der Waals surface area contributed by atoms with Crippen molar-refractivity contribution in [3.05, 3.63) is 78.4 Å². The second-order valence-corrected chi connectivity index (χ2v) is 5.38. The molecule has 22 heavy (non-hydrogen) atoms. The minimum absolute atomic E-state index is 0.829. The molecule has 0 atom stereocenters. The van der Waals surface area contributed by atoms with Crippen LogP contribution < -0.4 is 0 Å². The Hall–Kier alpha value is -2.54.